The van der Waals surface area contributed by atoms with Gasteiger partial charge in [0.2, 0.25) is 0 Å². The summed E-state index contributed by atoms with van der Waals surface area (Å²) in [5, 5.41) is 0. The van der Waals surface area contributed by atoms with Gasteiger partial charge in [0.1, 0.15) is 12.1 Å². The number of aromatic nitrogens is 2. The van der Waals surface area contributed by atoms with Gasteiger partial charge in [0.15, 0.2) is 0 Å². The Balaban J connectivity index is 1.61. The van der Waals surface area contributed by atoms with Gasteiger partial charge in [-0.3, -0.25) is 4.90 Å². The van der Waals surface area contributed by atoms with Crippen molar-refractivity contribution in [3.63, 3.8) is 0 Å². The van der Waals surface area contributed by atoms with E-state index >= 15 is 0 Å². The quantitative estimate of drug-likeness (QED) is 0.786. The molecule has 23 heavy (non-hydrogen) atoms. The van der Waals surface area contributed by atoms with Crippen molar-refractivity contribution in [2.75, 3.05) is 31.3 Å². The van der Waals surface area contributed by atoms with Crippen LogP contribution in [0.4, 0.5) is 5.82 Å². The van der Waals surface area contributed by atoms with Gasteiger partial charge < -0.3 is 4.90 Å². The third-order valence-electron chi connectivity index (χ3n) is 4.52. The first-order valence-corrected chi connectivity index (χ1v) is 9.33. The van der Waals surface area contributed by atoms with Crippen LogP contribution in [0.5, 0.6) is 0 Å². The highest BCUT2D eigenvalue weighted by Gasteiger charge is 2.24. The topological polar surface area (TPSA) is 32.3 Å². The lowest BCUT2D eigenvalue weighted by molar-refractivity contribution is 0.198. The normalized spacial score (nSPS) is 18.8. The van der Waals surface area contributed by atoms with Gasteiger partial charge in [0, 0.05) is 37.3 Å². The van der Waals surface area contributed by atoms with Crippen molar-refractivity contribution >= 4 is 17.6 Å². The van der Waals surface area contributed by atoms with Gasteiger partial charge in [0.25, 0.3) is 0 Å². The molecule has 0 amide bonds. The maximum atomic E-state index is 4.38. The van der Waals surface area contributed by atoms with E-state index in [1.165, 1.54) is 29.8 Å². The molecule has 1 saturated heterocycles. The summed E-state index contributed by atoms with van der Waals surface area (Å²) in [4.78, 5) is 14.6. The number of thioether (sulfide) groups is 1. The number of likely N-dealkylation sites (N-methyl/N-ethyl adjacent to an activating group) is 1. The summed E-state index contributed by atoms with van der Waals surface area (Å²) in [6, 6.07) is 11.4. The lowest BCUT2D eigenvalue weighted by atomic mass is 10.0. The van der Waals surface area contributed by atoms with E-state index in [1.54, 1.807) is 18.1 Å². The van der Waals surface area contributed by atoms with Crippen molar-refractivity contribution in [1.82, 2.24) is 14.9 Å². The Hall–Kier alpha value is -1.59. The highest BCUT2D eigenvalue weighted by molar-refractivity contribution is 7.98. The van der Waals surface area contributed by atoms with E-state index in [9.17, 15) is 0 Å². The Kier molecular flexibility index (Phi) is 5.51. The maximum Gasteiger partial charge on any atom is 0.131 e. The van der Waals surface area contributed by atoms with Crippen molar-refractivity contribution in [3.8, 4) is 0 Å². The Bertz CT molecular complexity index is 602. The van der Waals surface area contributed by atoms with E-state index in [4.69, 9.17) is 0 Å². The molecule has 1 fully saturated rings. The van der Waals surface area contributed by atoms with Crippen LogP contribution < -0.4 is 4.90 Å². The van der Waals surface area contributed by atoms with E-state index in [1.807, 2.05) is 12.3 Å². The molecular weight excluding hydrogens is 304 g/mol. The van der Waals surface area contributed by atoms with Gasteiger partial charge in [-0.2, -0.15) is 0 Å². The number of likely N-dealkylation sites (tertiary alicyclic amines) is 1. The molecule has 3 rings (SSSR count). The summed E-state index contributed by atoms with van der Waals surface area (Å²) in [7, 11) is 2.14. The maximum absolute atomic E-state index is 4.38. The molecule has 0 saturated carbocycles. The zero-order valence-corrected chi connectivity index (χ0v) is 14.7. The fourth-order valence-electron chi connectivity index (χ4n) is 3.16. The third kappa shape index (κ3) is 4.24. The summed E-state index contributed by atoms with van der Waals surface area (Å²) < 4.78 is 0. The second-order valence-corrected chi connectivity index (χ2v) is 6.94. The lowest BCUT2D eigenvalue weighted by Crippen LogP contribution is -2.46. The molecule has 1 unspecified atom stereocenters. The molecular formula is C18H24N4S. The average Bonchev–Trinajstić information content (AvgIpc) is 2.63. The zero-order chi connectivity index (χ0) is 16.1. The summed E-state index contributed by atoms with van der Waals surface area (Å²) in [5.41, 5.74) is 1.40. The van der Waals surface area contributed by atoms with Crippen molar-refractivity contribution in [3.05, 3.63) is 48.4 Å². The zero-order valence-electron chi connectivity index (χ0n) is 13.9. The molecule has 1 aromatic heterocycles. The molecule has 2 aromatic rings. The molecule has 0 radical (unpaired) electrons. The minimum atomic E-state index is 0.518. The Morgan fingerprint density at radius 1 is 1.26 bits per heavy atom. The molecule has 122 valence electrons. The molecule has 0 N–H and O–H groups in total. The predicted octanol–water partition coefficient (Wildman–Crippen LogP) is 3.30. The van der Waals surface area contributed by atoms with E-state index in [0.29, 0.717) is 6.04 Å². The molecule has 1 atom stereocenters. The lowest BCUT2D eigenvalue weighted by Gasteiger charge is -2.38. The van der Waals surface area contributed by atoms with Crippen LogP contribution in [0.1, 0.15) is 18.4 Å². The summed E-state index contributed by atoms with van der Waals surface area (Å²) in [6.07, 6.45) is 8.02. The molecule has 0 aliphatic carbocycles. The van der Waals surface area contributed by atoms with Gasteiger partial charge in [-0.15, -0.1) is 11.8 Å². The second-order valence-electron chi connectivity index (χ2n) is 6.06. The number of anilines is 1. The molecule has 1 aliphatic rings. The van der Waals surface area contributed by atoms with E-state index in [0.717, 1.165) is 18.9 Å². The first-order valence-electron chi connectivity index (χ1n) is 8.10. The van der Waals surface area contributed by atoms with Crippen molar-refractivity contribution in [1.29, 1.82) is 0 Å². The van der Waals surface area contributed by atoms with E-state index in [-0.39, 0.29) is 0 Å². The van der Waals surface area contributed by atoms with Gasteiger partial charge in [-0.25, -0.2) is 9.97 Å². The molecule has 1 aliphatic heterocycles. The number of piperidine rings is 1. The minimum Gasteiger partial charge on any atom is -0.355 e. The molecule has 1 aromatic carbocycles. The highest BCUT2D eigenvalue weighted by Crippen LogP contribution is 2.21. The van der Waals surface area contributed by atoms with Gasteiger partial charge in [-0.05, 0) is 49.4 Å². The second kappa shape index (κ2) is 7.79. The summed E-state index contributed by atoms with van der Waals surface area (Å²) >= 11 is 1.79. The number of rotatable bonds is 5. The smallest absolute Gasteiger partial charge is 0.131 e. The Morgan fingerprint density at radius 2 is 2.09 bits per heavy atom. The average molecular weight is 328 g/mol. The minimum absolute atomic E-state index is 0.518. The van der Waals surface area contributed by atoms with E-state index < -0.39 is 0 Å². The Labute approximate surface area is 142 Å². The molecule has 2 heterocycles. The predicted molar refractivity (Wildman–Crippen MR) is 97.0 cm³/mol. The van der Waals surface area contributed by atoms with Crippen LogP contribution in [0.25, 0.3) is 0 Å². The molecule has 5 heteroatoms. The Morgan fingerprint density at radius 3 is 2.78 bits per heavy atom. The fraction of sp³-hybridized carbons (Fsp3) is 0.444. The number of hydrogen-bond acceptors (Lipinski definition) is 5. The van der Waals surface area contributed by atoms with Crippen LogP contribution in [-0.2, 0) is 6.54 Å². The summed E-state index contributed by atoms with van der Waals surface area (Å²) in [6.45, 7) is 3.30. The van der Waals surface area contributed by atoms with Crippen LogP contribution in [0.15, 0.2) is 47.8 Å². The number of nitrogens with zero attached hydrogens (tertiary/aromatic N) is 4. The van der Waals surface area contributed by atoms with Crippen LogP contribution in [-0.4, -0.2) is 47.3 Å². The van der Waals surface area contributed by atoms with Crippen LogP contribution in [0.2, 0.25) is 0 Å². The largest absolute Gasteiger partial charge is 0.355 e. The SMILES string of the molecule is CSc1ccc(CN2CCCC(N(C)c3ccncn3)C2)cc1. The third-order valence-corrected chi connectivity index (χ3v) is 5.26. The van der Waals surface area contributed by atoms with Gasteiger partial charge >= 0.3 is 0 Å². The summed E-state index contributed by atoms with van der Waals surface area (Å²) in [5.74, 6) is 1.01. The first kappa shape index (κ1) is 16.3. The number of hydrogen-bond donors (Lipinski definition) is 0. The van der Waals surface area contributed by atoms with Crippen LogP contribution in [0.3, 0.4) is 0 Å². The number of benzene rings is 1. The van der Waals surface area contributed by atoms with Gasteiger partial charge in [0.05, 0.1) is 0 Å². The standard InChI is InChI=1S/C18H24N4S/c1-21(18-9-10-19-14-20-18)16-4-3-11-22(13-16)12-15-5-7-17(23-2)8-6-15/h5-10,14,16H,3-4,11-13H2,1-2H3. The van der Waals surface area contributed by atoms with Crippen LogP contribution in [0, 0.1) is 0 Å². The van der Waals surface area contributed by atoms with Crippen molar-refractivity contribution < 1.29 is 0 Å². The van der Waals surface area contributed by atoms with Crippen LogP contribution >= 0.6 is 11.8 Å². The first-order chi connectivity index (χ1) is 11.3. The van der Waals surface area contributed by atoms with E-state index in [2.05, 4.69) is 57.3 Å². The highest BCUT2D eigenvalue weighted by atomic mass is 32.2. The molecule has 4 nitrogen and oxygen atoms in total. The molecule has 0 spiro atoms. The van der Waals surface area contributed by atoms with Crippen molar-refractivity contribution in [2.24, 2.45) is 0 Å². The molecule has 0 bridgehead atoms. The fourth-order valence-corrected chi connectivity index (χ4v) is 3.57. The van der Waals surface area contributed by atoms with Crippen molar-refractivity contribution in [2.45, 2.75) is 30.3 Å². The monoisotopic (exact) mass is 328 g/mol. The van der Waals surface area contributed by atoms with Gasteiger partial charge in [-0.1, -0.05) is 12.1 Å².